The number of benzene rings is 2. The summed E-state index contributed by atoms with van der Waals surface area (Å²) in [5.41, 5.74) is 0.968. The van der Waals surface area contributed by atoms with Gasteiger partial charge in [0.1, 0.15) is 0 Å². The highest BCUT2D eigenvalue weighted by molar-refractivity contribution is 8.02. The minimum atomic E-state index is -3.20. The highest BCUT2D eigenvalue weighted by Crippen LogP contribution is 2.29. The van der Waals surface area contributed by atoms with Crippen LogP contribution in [0.1, 0.15) is 0 Å². The van der Waals surface area contributed by atoms with Gasteiger partial charge < -0.3 is 0 Å². The van der Waals surface area contributed by atoms with Crippen LogP contribution in [0.25, 0.3) is 10.2 Å². The Kier molecular flexibility index (Phi) is 4.28. The highest BCUT2D eigenvalue weighted by atomic mass is 32.2. The Balaban J connectivity index is 1.66. The number of sulfone groups is 1. The van der Waals surface area contributed by atoms with Gasteiger partial charge in [-0.25, -0.2) is 13.4 Å². The van der Waals surface area contributed by atoms with Crippen LogP contribution in [0.3, 0.4) is 0 Å². The molecule has 0 unspecified atom stereocenters. The molecule has 3 aromatic rings. The summed E-state index contributed by atoms with van der Waals surface area (Å²) in [6.07, 6.45) is 0. The molecular formula is C15H13NO2S3. The van der Waals surface area contributed by atoms with Gasteiger partial charge in [0.2, 0.25) is 0 Å². The predicted molar refractivity (Wildman–Crippen MR) is 88.8 cm³/mol. The second-order valence-corrected chi connectivity index (χ2v) is 8.91. The summed E-state index contributed by atoms with van der Waals surface area (Å²) < 4.78 is 26.4. The summed E-state index contributed by atoms with van der Waals surface area (Å²) in [5.74, 6) is 0.634. The standard InChI is InChI=1S/C15H13NO2S3/c17-21(18,12-6-2-1-3-7-12)11-10-19-15-16-13-8-4-5-9-14(13)20-15/h1-9H,10-11H2. The smallest absolute Gasteiger partial charge is 0.179 e. The van der Waals surface area contributed by atoms with Crippen LogP contribution in [-0.2, 0) is 9.84 Å². The van der Waals surface area contributed by atoms with E-state index in [2.05, 4.69) is 4.98 Å². The molecule has 1 heterocycles. The predicted octanol–water partition coefficient (Wildman–Crippen LogP) is 3.86. The average Bonchev–Trinajstić information content (AvgIpc) is 2.90. The van der Waals surface area contributed by atoms with Gasteiger partial charge in [0.25, 0.3) is 0 Å². The van der Waals surface area contributed by atoms with E-state index in [9.17, 15) is 8.42 Å². The summed E-state index contributed by atoms with van der Waals surface area (Å²) in [4.78, 5) is 4.88. The number of thiazole rings is 1. The molecule has 0 radical (unpaired) electrons. The molecule has 0 aliphatic carbocycles. The van der Waals surface area contributed by atoms with Gasteiger partial charge in [-0.3, -0.25) is 0 Å². The van der Waals surface area contributed by atoms with E-state index < -0.39 is 9.84 Å². The number of hydrogen-bond donors (Lipinski definition) is 0. The van der Waals surface area contributed by atoms with Gasteiger partial charge in [-0.1, -0.05) is 42.1 Å². The van der Waals surface area contributed by atoms with Crippen LogP contribution in [0.4, 0.5) is 0 Å². The maximum Gasteiger partial charge on any atom is 0.179 e. The quantitative estimate of drug-likeness (QED) is 0.664. The van der Waals surface area contributed by atoms with Crippen molar-refractivity contribution < 1.29 is 8.42 Å². The zero-order valence-corrected chi connectivity index (χ0v) is 13.5. The second kappa shape index (κ2) is 6.17. The molecule has 0 saturated heterocycles. The van der Waals surface area contributed by atoms with Gasteiger partial charge >= 0.3 is 0 Å². The monoisotopic (exact) mass is 335 g/mol. The number of para-hydroxylation sites is 1. The lowest BCUT2D eigenvalue weighted by molar-refractivity contribution is 0.597. The topological polar surface area (TPSA) is 47.0 Å². The number of fused-ring (bicyclic) bond motifs is 1. The van der Waals surface area contributed by atoms with E-state index in [1.54, 1.807) is 35.6 Å². The van der Waals surface area contributed by atoms with Crippen LogP contribution >= 0.6 is 23.1 Å². The normalized spacial score (nSPS) is 11.8. The summed E-state index contributed by atoms with van der Waals surface area (Å²) in [6, 6.07) is 16.5. The molecule has 0 fully saturated rings. The SMILES string of the molecule is O=S(=O)(CCSc1nc2ccccc2s1)c1ccccc1. The Hall–Kier alpha value is -1.37. The fourth-order valence-electron chi connectivity index (χ4n) is 1.90. The molecule has 0 N–H and O–H groups in total. The van der Waals surface area contributed by atoms with Gasteiger partial charge in [-0.05, 0) is 24.3 Å². The lowest BCUT2D eigenvalue weighted by Gasteiger charge is -2.02. The molecule has 108 valence electrons. The molecule has 0 saturated carbocycles. The summed E-state index contributed by atoms with van der Waals surface area (Å²) in [7, 11) is -3.20. The molecule has 0 aliphatic heterocycles. The first kappa shape index (κ1) is 14.6. The second-order valence-electron chi connectivity index (χ2n) is 4.43. The molecule has 3 nitrogen and oxygen atoms in total. The fraction of sp³-hybridized carbons (Fsp3) is 0.133. The molecule has 0 spiro atoms. The summed E-state index contributed by atoms with van der Waals surface area (Å²) in [6.45, 7) is 0. The lowest BCUT2D eigenvalue weighted by Crippen LogP contribution is -2.08. The van der Waals surface area contributed by atoms with Crippen molar-refractivity contribution in [1.29, 1.82) is 0 Å². The molecular weight excluding hydrogens is 322 g/mol. The highest BCUT2D eigenvalue weighted by Gasteiger charge is 2.14. The molecule has 21 heavy (non-hydrogen) atoms. The van der Waals surface area contributed by atoms with Crippen LogP contribution in [0.2, 0.25) is 0 Å². The van der Waals surface area contributed by atoms with E-state index in [0.29, 0.717) is 10.6 Å². The largest absolute Gasteiger partial charge is 0.230 e. The molecule has 2 aromatic carbocycles. The van der Waals surface area contributed by atoms with Crippen molar-refractivity contribution in [3.05, 3.63) is 54.6 Å². The van der Waals surface area contributed by atoms with Gasteiger partial charge in [-0.2, -0.15) is 0 Å². The van der Waals surface area contributed by atoms with Crippen molar-refractivity contribution in [2.24, 2.45) is 0 Å². The molecule has 0 atom stereocenters. The van der Waals surface area contributed by atoms with E-state index in [0.717, 1.165) is 14.6 Å². The van der Waals surface area contributed by atoms with Crippen LogP contribution in [-0.4, -0.2) is 24.9 Å². The fourth-order valence-corrected chi connectivity index (χ4v) is 5.71. The van der Waals surface area contributed by atoms with E-state index >= 15 is 0 Å². The lowest BCUT2D eigenvalue weighted by atomic mass is 10.3. The summed E-state index contributed by atoms with van der Waals surface area (Å²) in [5, 5.41) is 0. The van der Waals surface area contributed by atoms with Crippen molar-refractivity contribution >= 4 is 43.2 Å². The van der Waals surface area contributed by atoms with Crippen molar-refractivity contribution in [2.75, 3.05) is 11.5 Å². The molecule has 6 heteroatoms. The zero-order chi connectivity index (χ0) is 14.7. The Morgan fingerprint density at radius 3 is 2.48 bits per heavy atom. The molecule has 1 aromatic heterocycles. The first-order chi connectivity index (χ1) is 10.1. The zero-order valence-electron chi connectivity index (χ0n) is 11.1. The van der Waals surface area contributed by atoms with E-state index in [1.807, 2.05) is 30.3 Å². The van der Waals surface area contributed by atoms with E-state index in [-0.39, 0.29) is 5.75 Å². The molecule has 3 rings (SSSR count). The van der Waals surface area contributed by atoms with Gasteiger partial charge in [-0.15, -0.1) is 11.3 Å². The Bertz CT molecular complexity index is 808. The van der Waals surface area contributed by atoms with E-state index in [1.165, 1.54) is 11.8 Å². The van der Waals surface area contributed by atoms with Crippen molar-refractivity contribution in [1.82, 2.24) is 4.98 Å². The number of thioether (sulfide) groups is 1. The first-order valence-corrected chi connectivity index (χ1v) is 9.87. The third kappa shape index (κ3) is 3.45. The molecule has 0 bridgehead atoms. The Morgan fingerprint density at radius 2 is 1.71 bits per heavy atom. The van der Waals surface area contributed by atoms with Gasteiger partial charge in [0.05, 0.1) is 20.9 Å². The van der Waals surface area contributed by atoms with Crippen LogP contribution in [0.5, 0.6) is 0 Å². The summed E-state index contributed by atoms with van der Waals surface area (Å²) >= 11 is 3.10. The van der Waals surface area contributed by atoms with Crippen LogP contribution in [0.15, 0.2) is 63.8 Å². The Morgan fingerprint density at radius 1 is 1.00 bits per heavy atom. The van der Waals surface area contributed by atoms with Gasteiger partial charge in [0.15, 0.2) is 14.2 Å². The number of nitrogens with zero attached hydrogens (tertiary/aromatic N) is 1. The van der Waals surface area contributed by atoms with Gasteiger partial charge in [0, 0.05) is 5.75 Å². The number of aromatic nitrogens is 1. The van der Waals surface area contributed by atoms with Crippen molar-refractivity contribution in [3.8, 4) is 0 Å². The minimum absolute atomic E-state index is 0.123. The minimum Gasteiger partial charge on any atom is -0.230 e. The Labute approximate surface area is 132 Å². The third-order valence-corrected chi connectivity index (χ3v) is 7.13. The third-order valence-electron chi connectivity index (χ3n) is 2.95. The molecule has 0 amide bonds. The molecule has 0 aliphatic rings. The number of hydrogen-bond acceptors (Lipinski definition) is 5. The number of rotatable bonds is 5. The van der Waals surface area contributed by atoms with Crippen LogP contribution in [0, 0.1) is 0 Å². The van der Waals surface area contributed by atoms with Crippen molar-refractivity contribution in [3.63, 3.8) is 0 Å². The van der Waals surface area contributed by atoms with E-state index in [4.69, 9.17) is 0 Å². The maximum atomic E-state index is 12.2. The maximum absolute atomic E-state index is 12.2. The first-order valence-electron chi connectivity index (χ1n) is 6.41. The van der Waals surface area contributed by atoms with Crippen molar-refractivity contribution in [2.45, 2.75) is 9.24 Å². The van der Waals surface area contributed by atoms with Crippen LogP contribution < -0.4 is 0 Å². The average molecular weight is 335 g/mol.